The summed E-state index contributed by atoms with van der Waals surface area (Å²) in [5.74, 6) is 1.12. The largest absolute Gasteiger partial charge is 0.492 e. The number of nitrogens with zero attached hydrogens (tertiary/aromatic N) is 2. The maximum absolute atomic E-state index is 13.4. The topological polar surface area (TPSA) is 53.1 Å². The first-order chi connectivity index (χ1) is 8.70. The van der Waals surface area contributed by atoms with Gasteiger partial charge >= 0.3 is 0 Å². The molecule has 4 nitrogen and oxygen atoms in total. The lowest BCUT2D eigenvalue weighted by molar-refractivity contribution is 0.295. The van der Waals surface area contributed by atoms with Gasteiger partial charge in [0.1, 0.15) is 24.0 Å². The highest BCUT2D eigenvalue weighted by molar-refractivity contribution is 5.28. The molecule has 0 fully saturated rings. The molecule has 5 heteroatoms. The fourth-order valence-electron chi connectivity index (χ4n) is 1.69. The van der Waals surface area contributed by atoms with Gasteiger partial charge in [-0.15, -0.1) is 0 Å². The highest BCUT2D eigenvalue weighted by Gasteiger charge is 2.03. The summed E-state index contributed by atoms with van der Waals surface area (Å²) in [5.41, 5.74) is 5.88. The molecule has 1 heterocycles. The molecule has 1 aromatic heterocycles. The van der Waals surface area contributed by atoms with Crippen LogP contribution in [0.4, 0.5) is 4.39 Å². The van der Waals surface area contributed by atoms with E-state index in [0.717, 1.165) is 5.82 Å². The number of aromatic nitrogens is 2. The van der Waals surface area contributed by atoms with Crippen LogP contribution >= 0.6 is 0 Å². The van der Waals surface area contributed by atoms with Gasteiger partial charge in [0.05, 0.1) is 6.54 Å². The van der Waals surface area contributed by atoms with E-state index >= 15 is 0 Å². The van der Waals surface area contributed by atoms with Crippen LogP contribution in [0.15, 0.2) is 30.6 Å². The minimum atomic E-state index is -0.325. The van der Waals surface area contributed by atoms with Crippen molar-refractivity contribution >= 4 is 0 Å². The van der Waals surface area contributed by atoms with Crippen molar-refractivity contribution in [2.45, 2.75) is 20.0 Å². The zero-order valence-electron chi connectivity index (χ0n) is 10.3. The van der Waals surface area contributed by atoms with Crippen molar-refractivity contribution in [2.75, 3.05) is 6.61 Å². The lowest BCUT2D eigenvalue weighted by Gasteiger charge is -2.09. The Morgan fingerprint density at radius 3 is 2.89 bits per heavy atom. The number of aryl methyl sites for hydroxylation is 1. The molecule has 0 aliphatic heterocycles. The number of hydrogen-bond acceptors (Lipinski definition) is 3. The summed E-state index contributed by atoms with van der Waals surface area (Å²) in [6, 6.07) is 4.74. The highest BCUT2D eigenvalue weighted by Crippen LogP contribution is 2.16. The predicted octanol–water partition coefficient (Wildman–Crippen LogP) is 1.87. The van der Waals surface area contributed by atoms with E-state index < -0.39 is 0 Å². The Hall–Kier alpha value is -1.88. The molecule has 2 rings (SSSR count). The zero-order chi connectivity index (χ0) is 13.0. The molecule has 96 valence electrons. The maximum Gasteiger partial charge on any atom is 0.131 e. The van der Waals surface area contributed by atoms with Gasteiger partial charge in [-0.3, -0.25) is 0 Å². The van der Waals surface area contributed by atoms with Crippen molar-refractivity contribution in [2.24, 2.45) is 5.73 Å². The molecular formula is C13H16FN3O. The van der Waals surface area contributed by atoms with Crippen molar-refractivity contribution in [3.63, 3.8) is 0 Å². The Morgan fingerprint density at radius 1 is 1.44 bits per heavy atom. The van der Waals surface area contributed by atoms with Gasteiger partial charge in [0.15, 0.2) is 0 Å². The number of ether oxygens (including phenoxy) is 1. The normalized spacial score (nSPS) is 10.6. The van der Waals surface area contributed by atoms with Crippen molar-refractivity contribution in [1.29, 1.82) is 0 Å². The van der Waals surface area contributed by atoms with Gasteiger partial charge in [0.2, 0.25) is 0 Å². The average molecular weight is 249 g/mol. The van der Waals surface area contributed by atoms with E-state index in [-0.39, 0.29) is 12.4 Å². The summed E-state index contributed by atoms with van der Waals surface area (Å²) in [6.07, 6.45) is 3.63. The average Bonchev–Trinajstić information content (AvgIpc) is 2.75. The van der Waals surface area contributed by atoms with Crippen LogP contribution in [0.2, 0.25) is 0 Å². The Labute approximate surface area is 105 Å². The summed E-state index contributed by atoms with van der Waals surface area (Å²) < 4.78 is 20.9. The van der Waals surface area contributed by atoms with E-state index in [2.05, 4.69) is 4.98 Å². The molecule has 0 unspecified atom stereocenters. The van der Waals surface area contributed by atoms with E-state index in [1.165, 1.54) is 6.07 Å². The van der Waals surface area contributed by atoms with Gasteiger partial charge in [-0.05, 0) is 13.0 Å². The van der Waals surface area contributed by atoms with E-state index in [1.54, 1.807) is 18.3 Å². The number of nitrogens with two attached hydrogens (primary N) is 1. The van der Waals surface area contributed by atoms with E-state index in [0.29, 0.717) is 24.5 Å². The highest BCUT2D eigenvalue weighted by atomic mass is 19.1. The first-order valence-electron chi connectivity index (χ1n) is 5.79. The summed E-state index contributed by atoms with van der Waals surface area (Å²) in [7, 11) is 0. The summed E-state index contributed by atoms with van der Waals surface area (Å²) in [6.45, 7) is 3.28. The van der Waals surface area contributed by atoms with Crippen LogP contribution in [0.3, 0.4) is 0 Å². The molecule has 0 aliphatic rings. The van der Waals surface area contributed by atoms with Crippen molar-refractivity contribution in [3.05, 3.63) is 47.8 Å². The van der Waals surface area contributed by atoms with E-state index in [4.69, 9.17) is 10.5 Å². The van der Waals surface area contributed by atoms with Crippen molar-refractivity contribution in [1.82, 2.24) is 9.55 Å². The molecule has 0 amide bonds. The third kappa shape index (κ3) is 2.87. The predicted molar refractivity (Wildman–Crippen MR) is 66.8 cm³/mol. The first-order valence-corrected chi connectivity index (χ1v) is 5.79. The molecule has 0 radical (unpaired) electrons. The van der Waals surface area contributed by atoms with Gasteiger partial charge < -0.3 is 15.0 Å². The van der Waals surface area contributed by atoms with Crippen LogP contribution in [0, 0.1) is 12.7 Å². The lowest BCUT2D eigenvalue weighted by atomic mass is 10.2. The monoisotopic (exact) mass is 249 g/mol. The molecule has 2 aromatic rings. The Bertz CT molecular complexity index is 525. The minimum Gasteiger partial charge on any atom is -0.492 e. The zero-order valence-corrected chi connectivity index (χ0v) is 10.3. The first kappa shape index (κ1) is 12.6. The maximum atomic E-state index is 13.4. The lowest BCUT2D eigenvalue weighted by Crippen LogP contribution is -2.09. The quantitative estimate of drug-likeness (QED) is 0.880. The van der Waals surface area contributed by atoms with Crippen molar-refractivity contribution in [3.8, 4) is 5.75 Å². The molecule has 18 heavy (non-hydrogen) atoms. The number of halogens is 1. The van der Waals surface area contributed by atoms with E-state index in [1.807, 2.05) is 17.7 Å². The van der Waals surface area contributed by atoms with Gasteiger partial charge in [-0.2, -0.15) is 0 Å². The molecular weight excluding hydrogens is 233 g/mol. The SMILES string of the molecule is Cc1nccn1CCOc1ccc(CN)c(F)c1. The summed E-state index contributed by atoms with van der Waals surface area (Å²) in [5, 5.41) is 0. The molecule has 1 aromatic carbocycles. The van der Waals surface area contributed by atoms with Gasteiger partial charge in [0, 0.05) is 30.6 Å². The van der Waals surface area contributed by atoms with Crippen molar-refractivity contribution < 1.29 is 9.13 Å². The second kappa shape index (κ2) is 5.64. The smallest absolute Gasteiger partial charge is 0.131 e. The van der Waals surface area contributed by atoms with Crippen LogP contribution in [0.25, 0.3) is 0 Å². The van der Waals surface area contributed by atoms with Crippen LogP contribution in [-0.2, 0) is 13.1 Å². The molecule has 0 spiro atoms. The fourth-order valence-corrected chi connectivity index (χ4v) is 1.69. The summed E-state index contributed by atoms with van der Waals surface area (Å²) >= 11 is 0. The van der Waals surface area contributed by atoms with Gasteiger partial charge in [-0.25, -0.2) is 9.37 Å². The number of rotatable bonds is 5. The number of benzene rings is 1. The number of imidazole rings is 1. The van der Waals surface area contributed by atoms with E-state index in [9.17, 15) is 4.39 Å². The molecule has 0 saturated heterocycles. The van der Waals surface area contributed by atoms with Gasteiger partial charge in [0.25, 0.3) is 0 Å². The molecule has 0 saturated carbocycles. The Balaban J connectivity index is 1.91. The third-order valence-electron chi connectivity index (χ3n) is 2.77. The van der Waals surface area contributed by atoms with Crippen LogP contribution in [0.1, 0.15) is 11.4 Å². The molecule has 2 N–H and O–H groups in total. The number of hydrogen-bond donors (Lipinski definition) is 1. The minimum absolute atomic E-state index is 0.195. The summed E-state index contributed by atoms with van der Waals surface area (Å²) in [4.78, 5) is 4.11. The molecule has 0 bridgehead atoms. The Morgan fingerprint density at radius 2 is 2.28 bits per heavy atom. The second-order valence-corrected chi connectivity index (χ2v) is 3.97. The molecule has 0 aliphatic carbocycles. The third-order valence-corrected chi connectivity index (χ3v) is 2.77. The van der Waals surface area contributed by atoms with Gasteiger partial charge in [-0.1, -0.05) is 6.07 Å². The van der Waals surface area contributed by atoms with Crippen LogP contribution < -0.4 is 10.5 Å². The van der Waals surface area contributed by atoms with Crippen LogP contribution in [-0.4, -0.2) is 16.2 Å². The Kier molecular flexibility index (Phi) is 3.94. The second-order valence-electron chi connectivity index (χ2n) is 3.97. The molecule has 0 atom stereocenters. The van der Waals surface area contributed by atoms with Crippen LogP contribution in [0.5, 0.6) is 5.75 Å². The standard InChI is InChI=1S/C13H16FN3O/c1-10-16-4-5-17(10)6-7-18-12-3-2-11(9-15)13(14)8-12/h2-5,8H,6-7,9,15H2,1H3. The fraction of sp³-hybridized carbons (Fsp3) is 0.308.